The summed E-state index contributed by atoms with van der Waals surface area (Å²) in [5.74, 6) is 0.698. The van der Waals surface area contributed by atoms with Crippen molar-refractivity contribution in [3.05, 3.63) is 35.9 Å². The quantitative estimate of drug-likeness (QED) is 0.613. The maximum atomic E-state index is 10.9. The van der Waals surface area contributed by atoms with Crippen molar-refractivity contribution in [2.45, 2.75) is 19.8 Å². The lowest BCUT2D eigenvalue weighted by Gasteiger charge is -2.12. The lowest BCUT2D eigenvalue weighted by molar-refractivity contribution is 0.112. The van der Waals surface area contributed by atoms with Crippen LogP contribution in [0.4, 0.5) is 0 Å². The second kappa shape index (κ2) is 5.35. The Labute approximate surface area is 95.4 Å². The summed E-state index contributed by atoms with van der Waals surface area (Å²) in [7, 11) is 0. The first-order valence-electron chi connectivity index (χ1n) is 5.16. The third-order valence-electron chi connectivity index (χ3n) is 2.26. The van der Waals surface area contributed by atoms with Crippen LogP contribution in [0.3, 0.4) is 0 Å². The van der Waals surface area contributed by atoms with Crippen LogP contribution >= 0.6 is 0 Å². The van der Waals surface area contributed by atoms with E-state index in [2.05, 4.69) is 6.58 Å². The molecule has 0 saturated heterocycles. The molecule has 0 heterocycles. The Kier molecular flexibility index (Phi) is 4.11. The van der Waals surface area contributed by atoms with Gasteiger partial charge in [0.25, 0.3) is 0 Å². The van der Waals surface area contributed by atoms with Crippen LogP contribution in [0.5, 0.6) is 11.5 Å². The van der Waals surface area contributed by atoms with Gasteiger partial charge in [-0.1, -0.05) is 26.5 Å². The fourth-order valence-corrected chi connectivity index (χ4v) is 1.43. The highest BCUT2D eigenvalue weighted by Crippen LogP contribution is 2.32. The number of benzene rings is 1. The van der Waals surface area contributed by atoms with Crippen molar-refractivity contribution < 1.29 is 14.6 Å². The number of phenols is 1. The Morgan fingerprint density at radius 2 is 2.19 bits per heavy atom. The molecule has 1 aromatic rings. The van der Waals surface area contributed by atoms with Crippen LogP contribution in [0.25, 0.3) is 0 Å². The SMILES string of the molecule is C=CCOc1cc(O)c(C(C)C)cc1C=O. The molecule has 1 aromatic carbocycles. The normalized spacial score (nSPS) is 10.2. The highest BCUT2D eigenvalue weighted by Gasteiger charge is 2.12. The Bertz CT molecular complexity index is 394. The zero-order chi connectivity index (χ0) is 12.1. The number of aromatic hydroxyl groups is 1. The average molecular weight is 220 g/mol. The zero-order valence-corrected chi connectivity index (χ0v) is 9.56. The number of ether oxygens (including phenoxy) is 1. The molecule has 0 fully saturated rings. The van der Waals surface area contributed by atoms with Gasteiger partial charge in [0, 0.05) is 6.07 Å². The molecule has 0 radical (unpaired) electrons. The molecular weight excluding hydrogens is 204 g/mol. The molecule has 0 aliphatic carbocycles. The van der Waals surface area contributed by atoms with Gasteiger partial charge in [-0.05, 0) is 17.5 Å². The molecule has 0 aliphatic heterocycles. The second-order valence-electron chi connectivity index (χ2n) is 3.82. The second-order valence-corrected chi connectivity index (χ2v) is 3.82. The number of hydrogen-bond donors (Lipinski definition) is 1. The Morgan fingerprint density at radius 3 is 2.69 bits per heavy atom. The van der Waals surface area contributed by atoms with Gasteiger partial charge in [-0.3, -0.25) is 4.79 Å². The first kappa shape index (κ1) is 12.3. The molecule has 86 valence electrons. The van der Waals surface area contributed by atoms with E-state index in [0.717, 1.165) is 11.8 Å². The molecule has 16 heavy (non-hydrogen) atoms. The molecule has 0 spiro atoms. The van der Waals surface area contributed by atoms with Gasteiger partial charge in [0.15, 0.2) is 6.29 Å². The van der Waals surface area contributed by atoms with E-state index in [-0.39, 0.29) is 11.7 Å². The third kappa shape index (κ3) is 2.63. The summed E-state index contributed by atoms with van der Waals surface area (Å²) >= 11 is 0. The molecule has 3 nitrogen and oxygen atoms in total. The van der Waals surface area contributed by atoms with Crippen LogP contribution in [-0.4, -0.2) is 18.0 Å². The monoisotopic (exact) mass is 220 g/mol. The van der Waals surface area contributed by atoms with E-state index in [9.17, 15) is 9.90 Å². The first-order chi connectivity index (χ1) is 7.60. The van der Waals surface area contributed by atoms with Gasteiger partial charge in [-0.15, -0.1) is 0 Å². The van der Waals surface area contributed by atoms with Crippen molar-refractivity contribution in [1.82, 2.24) is 0 Å². The van der Waals surface area contributed by atoms with Gasteiger partial charge in [0.05, 0.1) is 5.56 Å². The number of hydrogen-bond acceptors (Lipinski definition) is 3. The van der Waals surface area contributed by atoms with E-state index in [1.807, 2.05) is 13.8 Å². The van der Waals surface area contributed by atoms with Crippen molar-refractivity contribution >= 4 is 6.29 Å². The fraction of sp³-hybridized carbons (Fsp3) is 0.308. The summed E-state index contributed by atoms with van der Waals surface area (Å²) in [5, 5.41) is 9.76. The maximum absolute atomic E-state index is 10.9. The smallest absolute Gasteiger partial charge is 0.153 e. The summed E-state index contributed by atoms with van der Waals surface area (Å²) in [4.78, 5) is 10.9. The zero-order valence-electron chi connectivity index (χ0n) is 9.56. The van der Waals surface area contributed by atoms with Gasteiger partial charge in [-0.2, -0.15) is 0 Å². The third-order valence-corrected chi connectivity index (χ3v) is 2.26. The standard InChI is InChI=1S/C13H16O3/c1-4-5-16-13-7-12(15)11(9(2)3)6-10(13)8-14/h4,6-9,15H,1,5H2,2-3H3. The molecule has 0 atom stereocenters. The Hall–Kier alpha value is -1.77. The van der Waals surface area contributed by atoms with E-state index in [4.69, 9.17) is 4.74 Å². The number of phenolic OH excluding ortho intramolecular Hbond substituents is 1. The highest BCUT2D eigenvalue weighted by molar-refractivity contribution is 5.80. The lowest BCUT2D eigenvalue weighted by atomic mass is 9.99. The van der Waals surface area contributed by atoms with Gasteiger partial charge in [0.1, 0.15) is 18.1 Å². The lowest BCUT2D eigenvalue weighted by Crippen LogP contribution is -1.99. The highest BCUT2D eigenvalue weighted by atomic mass is 16.5. The van der Waals surface area contributed by atoms with E-state index in [0.29, 0.717) is 17.9 Å². The van der Waals surface area contributed by atoms with Gasteiger partial charge < -0.3 is 9.84 Å². The average Bonchev–Trinajstić information content (AvgIpc) is 2.25. The molecule has 1 rings (SSSR count). The van der Waals surface area contributed by atoms with Crippen LogP contribution in [0.2, 0.25) is 0 Å². The van der Waals surface area contributed by atoms with Crippen molar-refractivity contribution in [2.75, 3.05) is 6.61 Å². The summed E-state index contributed by atoms with van der Waals surface area (Å²) in [5.41, 5.74) is 1.19. The molecule has 0 aromatic heterocycles. The van der Waals surface area contributed by atoms with Crippen molar-refractivity contribution in [3.8, 4) is 11.5 Å². The molecule has 3 heteroatoms. The van der Waals surface area contributed by atoms with Crippen LogP contribution in [0.1, 0.15) is 35.7 Å². The molecule has 0 aliphatic rings. The largest absolute Gasteiger partial charge is 0.508 e. The van der Waals surface area contributed by atoms with Gasteiger partial charge in [0.2, 0.25) is 0 Å². The van der Waals surface area contributed by atoms with Gasteiger partial charge >= 0.3 is 0 Å². The Morgan fingerprint density at radius 1 is 1.50 bits per heavy atom. The van der Waals surface area contributed by atoms with Crippen molar-refractivity contribution in [2.24, 2.45) is 0 Å². The van der Waals surface area contributed by atoms with Crippen LogP contribution in [-0.2, 0) is 0 Å². The van der Waals surface area contributed by atoms with Crippen molar-refractivity contribution in [3.63, 3.8) is 0 Å². The molecule has 0 unspecified atom stereocenters. The summed E-state index contributed by atoms with van der Waals surface area (Å²) in [6.45, 7) is 7.74. The molecule has 0 saturated carbocycles. The number of carbonyl (C=O) groups is 1. The summed E-state index contributed by atoms with van der Waals surface area (Å²) in [6.07, 6.45) is 2.31. The minimum Gasteiger partial charge on any atom is -0.508 e. The van der Waals surface area contributed by atoms with Crippen LogP contribution in [0, 0.1) is 0 Å². The number of rotatable bonds is 5. The number of carbonyl (C=O) groups excluding carboxylic acids is 1. The predicted octanol–water partition coefficient (Wildman–Crippen LogP) is 2.89. The summed E-state index contributed by atoms with van der Waals surface area (Å²) in [6, 6.07) is 3.13. The van der Waals surface area contributed by atoms with E-state index in [1.54, 1.807) is 12.1 Å². The van der Waals surface area contributed by atoms with Crippen LogP contribution in [0.15, 0.2) is 24.8 Å². The first-order valence-corrected chi connectivity index (χ1v) is 5.16. The van der Waals surface area contributed by atoms with Crippen molar-refractivity contribution in [1.29, 1.82) is 0 Å². The molecule has 0 bridgehead atoms. The molecule has 0 amide bonds. The molecular formula is C13H16O3. The summed E-state index contributed by atoms with van der Waals surface area (Å²) < 4.78 is 5.28. The maximum Gasteiger partial charge on any atom is 0.153 e. The van der Waals surface area contributed by atoms with Gasteiger partial charge in [-0.25, -0.2) is 0 Å². The van der Waals surface area contributed by atoms with E-state index in [1.165, 1.54) is 6.07 Å². The van der Waals surface area contributed by atoms with E-state index >= 15 is 0 Å². The number of aldehydes is 1. The predicted molar refractivity (Wildman–Crippen MR) is 63.3 cm³/mol. The minimum atomic E-state index is 0.152. The Balaban J connectivity index is 3.15. The van der Waals surface area contributed by atoms with E-state index < -0.39 is 0 Å². The topological polar surface area (TPSA) is 46.5 Å². The molecule has 1 N–H and O–H groups in total. The fourth-order valence-electron chi connectivity index (χ4n) is 1.43. The van der Waals surface area contributed by atoms with Crippen LogP contribution < -0.4 is 4.74 Å². The minimum absolute atomic E-state index is 0.152.